The summed E-state index contributed by atoms with van der Waals surface area (Å²) >= 11 is 0. The molecule has 10 nitrogen and oxygen atoms in total. The Hall–Kier alpha value is -4.78. The highest BCUT2D eigenvalue weighted by Crippen LogP contribution is 2.32. The summed E-state index contributed by atoms with van der Waals surface area (Å²) in [5.74, 6) is -1.85. The summed E-state index contributed by atoms with van der Waals surface area (Å²) in [5, 5.41) is 20.1. The molecule has 4 aromatic rings. The van der Waals surface area contributed by atoms with Crippen molar-refractivity contribution in [1.29, 1.82) is 0 Å². The fourth-order valence-corrected chi connectivity index (χ4v) is 4.56. The van der Waals surface area contributed by atoms with Gasteiger partial charge in [-0.05, 0) is 41.8 Å². The van der Waals surface area contributed by atoms with E-state index in [9.17, 15) is 32.7 Å². The van der Waals surface area contributed by atoms with Crippen molar-refractivity contribution in [2.24, 2.45) is 0 Å². The highest BCUT2D eigenvalue weighted by molar-refractivity contribution is 5.98. The number of aliphatic hydroxyl groups excluding tert-OH is 1. The summed E-state index contributed by atoms with van der Waals surface area (Å²) in [4.78, 5) is 42.2. The fourth-order valence-electron chi connectivity index (χ4n) is 4.56. The third-order valence-corrected chi connectivity index (χ3v) is 6.39. The van der Waals surface area contributed by atoms with Crippen molar-refractivity contribution in [3.05, 3.63) is 94.4 Å². The van der Waals surface area contributed by atoms with E-state index in [1.54, 1.807) is 18.2 Å². The number of amides is 2. The summed E-state index contributed by atoms with van der Waals surface area (Å²) in [6, 6.07) is 12.1. The summed E-state index contributed by atoms with van der Waals surface area (Å²) in [7, 11) is 0. The largest absolute Gasteiger partial charge is 0.573 e. The molecule has 5 rings (SSSR count). The van der Waals surface area contributed by atoms with E-state index in [-0.39, 0.29) is 35.8 Å². The zero-order valence-electron chi connectivity index (χ0n) is 20.9. The smallest absolute Gasteiger partial charge is 0.406 e. The third kappa shape index (κ3) is 5.64. The summed E-state index contributed by atoms with van der Waals surface area (Å²) in [6.07, 6.45) is -4.14. The molecule has 0 radical (unpaired) electrons. The molecule has 0 saturated heterocycles. The number of carbonyl (C=O) groups excluding carboxylic acids is 3. The Balaban J connectivity index is 1.35. The SMILES string of the molecule is CC(=O)c1ccc2c(c1)C[C@H](O)[C@@H]2NC(=O)c1cc(C(=O)NCc2cccc(OC(F)(F)F)c2)nc2ccnn12. The normalized spacial score (nSPS) is 16.4. The molecule has 2 amide bonds. The number of halogens is 3. The molecule has 3 N–H and O–H groups in total. The number of hydrogen-bond donors (Lipinski definition) is 3. The second-order valence-corrected chi connectivity index (χ2v) is 9.20. The highest BCUT2D eigenvalue weighted by atomic mass is 19.4. The van der Waals surface area contributed by atoms with Gasteiger partial charge in [-0.25, -0.2) is 9.50 Å². The zero-order valence-corrected chi connectivity index (χ0v) is 20.9. The minimum atomic E-state index is -4.85. The van der Waals surface area contributed by atoms with Crippen LogP contribution >= 0.6 is 0 Å². The van der Waals surface area contributed by atoms with E-state index < -0.39 is 36.1 Å². The van der Waals surface area contributed by atoms with Crippen molar-refractivity contribution in [3.8, 4) is 5.75 Å². The Morgan fingerprint density at radius 3 is 2.65 bits per heavy atom. The van der Waals surface area contributed by atoms with Gasteiger partial charge in [-0.1, -0.05) is 24.3 Å². The van der Waals surface area contributed by atoms with Crippen LogP contribution < -0.4 is 15.4 Å². The van der Waals surface area contributed by atoms with Crippen molar-refractivity contribution >= 4 is 23.2 Å². The molecule has 0 aliphatic heterocycles. The van der Waals surface area contributed by atoms with Gasteiger partial charge in [0.2, 0.25) is 0 Å². The number of benzene rings is 2. The first-order chi connectivity index (χ1) is 19.0. The number of rotatable bonds is 7. The highest BCUT2D eigenvalue weighted by Gasteiger charge is 2.34. The molecule has 2 heterocycles. The maximum Gasteiger partial charge on any atom is 0.573 e. The number of alkyl halides is 3. The number of ketones is 1. The van der Waals surface area contributed by atoms with Gasteiger partial charge in [0.25, 0.3) is 11.8 Å². The fraction of sp³-hybridized carbons (Fsp3) is 0.222. The van der Waals surface area contributed by atoms with Crippen molar-refractivity contribution in [1.82, 2.24) is 25.2 Å². The standard InChI is InChI=1S/C27H22F3N5O5/c1-14(36)16-5-6-19-17(10-16)11-22(37)24(19)34-26(39)21-12-20(33-23-7-8-32-35(21)23)25(38)31-13-15-3-2-4-18(9-15)40-27(28,29)30/h2-10,12,22,24,37H,11,13H2,1H3,(H,31,38)(H,34,39)/t22-,24+/m0/s1. The number of nitrogens with one attached hydrogen (secondary N) is 2. The maximum absolute atomic E-state index is 13.3. The number of hydrogen-bond acceptors (Lipinski definition) is 7. The first-order valence-corrected chi connectivity index (χ1v) is 12.1. The molecule has 206 valence electrons. The van der Waals surface area contributed by atoms with Gasteiger partial charge in [-0.2, -0.15) is 5.10 Å². The Kier molecular flexibility index (Phi) is 6.98. The first kappa shape index (κ1) is 26.8. The van der Waals surface area contributed by atoms with Gasteiger partial charge in [0.1, 0.15) is 17.1 Å². The van der Waals surface area contributed by atoms with Crippen molar-refractivity contribution in [2.45, 2.75) is 38.4 Å². The number of carbonyl (C=O) groups is 3. The van der Waals surface area contributed by atoms with E-state index in [0.717, 1.165) is 17.7 Å². The number of Topliss-reactive ketones (excluding diaryl/α,β-unsaturated/α-hetero) is 1. The quantitative estimate of drug-likeness (QED) is 0.299. The van der Waals surface area contributed by atoms with Gasteiger partial charge < -0.3 is 20.5 Å². The van der Waals surface area contributed by atoms with Crippen LogP contribution in [0.5, 0.6) is 5.75 Å². The van der Waals surface area contributed by atoms with Crippen LogP contribution in [0.3, 0.4) is 0 Å². The number of aliphatic hydroxyl groups is 1. The molecule has 1 aliphatic carbocycles. The van der Waals surface area contributed by atoms with Gasteiger partial charge in [0, 0.05) is 30.7 Å². The van der Waals surface area contributed by atoms with Gasteiger partial charge in [0.15, 0.2) is 11.4 Å². The second kappa shape index (κ2) is 10.4. The van der Waals surface area contributed by atoms with Crippen LogP contribution in [0.4, 0.5) is 13.2 Å². The van der Waals surface area contributed by atoms with Crippen LogP contribution in [0.1, 0.15) is 61.0 Å². The molecule has 2 atom stereocenters. The lowest BCUT2D eigenvalue weighted by Gasteiger charge is -2.18. The number of aromatic nitrogens is 3. The van der Waals surface area contributed by atoms with E-state index in [1.807, 2.05) is 0 Å². The average Bonchev–Trinajstić information content (AvgIpc) is 3.49. The molecule has 0 bridgehead atoms. The summed E-state index contributed by atoms with van der Waals surface area (Å²) in [5.41, 5.74) is 2.32. The van der Waals surface area contributed by atoms with Crippen LogP contribution in [0.2, 0.25) is 0 Å². The molecule has 2 aromatic heterocycles. The van der Waals surface area contributed by atoms with Gasteiger partial charge in [0.05, 0.1) is 18.3 Å². The van der Waals surface area contributed by atoms with Crippen molar-refractivity contribution < 1.29 is 37.4 Å². The predicted octanol–water partition coefficient (Wildman–Crippen LogP) is 3.15. The predicted molar refractivity (Wildman–Crippen MR) is 134 cm³/mol. The van der Waals surface area contributed by atoms with Crippen LogP contribution in [0, 0.1) is 0 Å². The lowest BCUT2D eigenvalue weighted by atomic mass is 10.0. The number of nitrogens with zero attached hydrogens (tertiary/aromatic N) is 3. The van der Waals surface area contributed by atoms with Crippen molar-refractivity contribution in [2.75, 3.05) is 0 Å². The summed E-state index contributed by atoms with van der Waals surface area (Å²) in [6.45, 7) is 1.31. The van der Waals surface area contributed by atoms with Crippen LogP contribution in [0.25, 0.3) is 5.65 Å². The van der Waals surface area contributed by atoms with E-state index in [2.05, 4.69) is 25.5 Å². The lowest BCUT2D eigenvalue weighted by molar-refractivity contribution is -0.274. The van der Waals surface area contributed by atoms with Gasteiger partial charge >= 0.3 is 6.36 Å². The first-order valence-electron chi connectivity index (χ1n) is 12.1. The Labute approximate surface area is 224 Å². The Morgan fingerprint density at radius 2 is 1.90 bits per heavy atom. The van der Waals surface area contributed by atoms with Crippen LogP contribution in [0.15, 0.2) is 60.8 Å². The molecule has 40 heavy (non-hydrogen) atoms. The van der Waals surface area contributed by atoms with E-state index in [4.69, 9.17) is 0 Å². The monoisotopic (exact) mass is 553 g/mol. The molecule has 1 aliphatic rings. The molecule has 0 saturated carbocycles. The zero-order chi connectivity index (χ0) is 28.6. The minimum absolute atomic E-state index is 0.0262. The number of ether oxygens (including phenoxy) is 1. The molecule has 13 heteroatoms. The lowest BCUT2D eigenvalue weighted by Crippen LogP contribution is -2.35. The molecule has 0 fully saturated rings. The molecular weight excluding hydrogens is 531 g/mol. The van der Waals surface area contributed by atoms with Crippen molar-refractivity contribution in [3.63, 3.8) is 0 Å². The summed E-state index contributed by atoms with van der Waals surface area (Å²) < 4.78 is 42.7. The minimum Gasteiger partial charge on any atom is -0.406 e. The topological polar surface area (TPSA) is 135 Å². The number of fused-ring (bicyclic) bond motifs is 2. The van der Waals surface area contributed by atoms with Gasteiger partial charge in [-0.15, -0.1) is 13.2 Å². The molecular formula is C27H22F3N5O5. The van der Waals surface area contributed by atoms with E-state index in [1.165, 1.54) is 41.9 Å². The second-order valence-electron chi connectivity index (χ2n) is 9.20. The van der Waals surface area contributed by atoms with Crippen LogP contribution in [-0.2, 0) is 13.0 Å². The van der Waals surface area contributed by atoms with E-state index in [0.29, 0.717) is 16.7 Å². The molecule has 2 aromatic carbocycles. The third-order valence-electron chi connectivity index (χ3n) is 6.39. The Morgan fingerprint density at radius 1 is 1.10 bits per heavy atom. The van der Waals surface area contributed by atoms with E-state index >= 15 is 0 Å². The molecule has 0 spiro atoms. The van der Waals surface area contributed by atoms with Crippen LogP contribution in [-0.4, -0.2) is 49.8 Å². The average molecular weight is 553 g/mol. The molecule has 0 unspecified atom stereocenters. The maximum atomic E-state index is 13.3. The van der Waals surface area contributed by atoms with Gasteiger partial charge in [-0.3, -0.25) is 14.4 Å². The Bertz CT molecular complexity index is 1630.